The zero-order valence-corrected chi connectivity index (χ0v) is 18.3. The molecule has 1 aliphatic carbocycles. The highest BCUT2D eigenvalue weighted by molar-refractivity contribution is 7.99. The van der Waals surface area contributed by atoms with Gasteiger partial charge in [0.05, 0.1) is 24.6 Å². The number of rotatable bonds is 8. The number of hydrogen-bond acceptors (Lipinski definition) is 6. The maximum absolute atomic E-state index is 12.9. The summed E-state index contributed by atoms with van der Waals surface area (Å²) in [6, 6.07) is 13.5. The molecule has 4 aromatic rings. The first kappa shape index (κ1) is 19.9. The van der Waals surface area contributed by atoms with Gasteiger partial charge in [-0.15, -0.1) is 10.2 Å². The first-order valence-electron chi connectivity index (χ1n) is 10.4. The molecule has 0 radical (unpaired) electrons. The molecule has 3 heterocycles. The first-order valence-corrected chi connectivity index (χ1v) is 11.4. The number of thioether (sulfide) groups is 1. The number of para-hydroxylation sites is 1. The van der Waals surface area contributed by atoms with Crippen molar-refractivity contribution in [3.63, 3.8) is 0 Å². The Bertz CT molecular complexity index is 1160. The molecule has 160 valence electrons. The molecule has 8 heteroatoms. The van der Waals surface area contributed by atoms with E-state index >= 15 is 0 Å². The average molecular weight is 437 g/mol. The van der Waals surface area contributed by atoms with Crippen LogP contribution in [0.4, 0.5) is 0 Å². The van der Waals surface area contributed by atoms with Crippen LogP contribution in [0.15, 0.2) is 62.7 Å². The summed E-state index contributed by atoms with van der Waals surface area (Å²) in [7, 11) is 1.81. The van der Waals surface area contributed by atoms with E-state index in [-0.39, 0.29) is 17.7 Å². The number of nitrogens with zero attached hydrogens (tertiary/aromatic N) is 4. The van der Waals surface area contributed by atoms with Crippen molar-refractivity contribution in [2.75, 3.05) is 12.8 Å². The normalized spacial score (nSPS) is 14.8. The molecule has 0 aliphatic heterocycles. The van der Waals surface area contributed by atoms with Gasteiger partial charge in [0.15, 0.2) is 5.16 Å². The van der Waals surface area contributed by atoms with Crippen LogP contribution < -0.4 is 0 Å². The van der Waals surface area contributed by atoms with E-state index in [0.29, 0.717) is 12.5 Å². The summed E-state index contributed by atoms with van der Waals surface area (Å²) in [5.41, 5.74) is 0.832. The molecule has 7 nitrogen and oxygen atoms in total. The number of aromatic nitrogens is 3. The standard InChI is InChI=1S/C23H24N4O3S/c1-15(20-12-17-6-3-4-8-19(17)30-20)26(2)21(28)14-31-23-25-24-22(16-9-10-16)27(23)13-18-7-5-11-29-18/h3-8,11-12,15-16H,9-10,13-14H2,1-2H3. The largest absolute Gasteiger partial charge is 0.467 e. The van der Waals surface area contributed by atoms with E-state index in [0.717, 1.165) is 46.3 Å². The molecule has 1 amide bonds. The molecule has 1 aliphatic rings. The molecule has 0 bridgehead atoms. The van der Waals surface area contributed by atoms with E-state index < -0.39 is 0 Å². The lowest BCUT2D eigenvalue weighted by Crippen LogP contribution is -2.31. The van der Waals surface area contributed by atoms with Crippen LogP contribution in [0.25, 0.3) is 11.0 Å². The van der Waals surface area contributed by atoms with E-state index in [1.165, 1.54) is 11.8 Å². The molecule has 0 saturated heterocycles. The van der Waals surface area contributed by atoms with Gasteiger partial charge < -0.3 is 13.7 Å². The Morgan fingerprint density at radius 3 is 2.84 bits per heavy atom. The fourth-order valence-corrected chi connectivity index (χ4v) is 4.47. The van der Waals surface area contributed by atoms with Crippen LogP contribution in [0.3, 0.4) is 0 Å². The summed E-state index contributed by atoms with van der Waals surface area (Å²) < 4.78 is 13.5. The smallest absolute Gasteiger partial charge is 0.233 e. The van der Waals surface area contributed by atoms with Crippen LogP contribution in [0, 0.1) is 0 Å². The molecule has 1 atom stereocenters. The highest BCUT2D eigenvalue weighted by Crippen LogP contribution is 2.40. The molecular weight excluding hydrogens is 412 g/mol. The van der Waals surface area contributed by atoms with E-state index in [9.17, 15) is 4.79 Å². The molecule has 1 aromatic carbocycles. The number of carbonyl (C=O) groups is 1. The van der Waals surface area contributed by atoms with Crippen LogP contribution in [0.2, 0.25) is 0 Å². The Morgan fingerprint density at radius 1 is 1.26 bits per heavy atom. The molecular formula is C23H24N4O3S. The summed E-state index contributed by atoms with van der Waals surface area (Å²) >= 11 is 1.41. The summed E-state index contributed by atoms with van der Waals surface area (Å²) in [4.78, 5) is 14.6. The van der Waals surface area contributed by atoms with Gasteiger partial charge in [0.25, 0.3) is 0 Å². The van der Waals surface area contributed by atoms with E-state index in [4.69, 9.17) is 8.83 Å². The second-order valence-corrected chi connectivity index (χ2v) is 8.88. The van der Waals surface area contributed by atoms with Crippen molar-refractivity contribution in [3.8, 4) is 0 Å². The zero-order chi connectivity index (χ0) is 21.4. The SMILES string of the molecule is CC(c1cc2ccccc2o1)N(C)C(=O)CSc1nnc(C2CC2)n1Cc1ccco1. The van der Waals surface area contributed by atoms with E-state index in [1.54, 1.807) is 11.2 Å². The fourth-order valence-electron chi connectivity index (χ4n) is 3.60. The van der Waals surface area contributed by atoms with Gasteiger partial charge in [-0.25, -0.2) is 0 Å². The predicted octanol–water partition coefficient (Wildman–Crippen LogP) is 4.85. The Morgan fingerprint density at radius 2 is 2.10 bits per heavy atom. The highest BCUT2D eigenvalue weighted by Gasteiger charge is 2.31. The Balaban J connectivity index is 1.27. The molecule has 1 saturated carbocycles. The van der Waals surface area contributed by atoms with E-state index in [2.05, 4.69) is 14.8 Å². The Labute approximate surface area is 184 Å². The van der Waals surface area contributed by atoms with Crippen LogP contribution in [0.5, 0.6) is 0 Å². The van der Waals surface area contributed by atoms with Crippen molar-refractivity contribution in [2.45, 2.75) is 43.4 Å². The monoisotopic (exact) mass is 436 g/mol. The van der Waals surface area contributed by atoms with Crippen molar-refractivity contribution >= 4 is 28.6 Å². The van der Waals surface area contributed by atoms with Crippen LogP contribution >= 0.6 is 11.8 Å². The van der Waals surface area contributed by atoms with Gasteiger partial charge >= 0.3 is 0 Å². The van der Waals surface area contributed by atoms with Crippen molar-refractivity contribution < 1.29 is 13.6 Å². The topological polar surface area (TPSA) is 77.3 Å². The number of benzene rings is 1. The zero-order valence-electron chi connectivity index (χ0n) is 17.5. The second kappa shape index (κ2) is 8.26. The predicted molar refractivity (Wildman–Crippen MR) is 118 cm³/mol. The third-order valence-electron chi connectivity index (χ3n) is 5.74. The van der Waals surface area contributed by atoms with Gasteiger partial charge in [0, 0.05) is 18.4 Å². The van der Waals surface area contributed by atoms with Gasteiger partial charge in [-0.2, -0.15) is 0 Å². The molecule has 0 N–H and O–H groups in total. The molecule has 5 rings (SSSR count). The number of furan rings is 2. The molecule has 1 unspecified atom stereocenters. The number of hydrogen-bond donors (Lipinski definition) is 0. The van der Waals surface area contributed by atoms with Crippen molar-refractivity contribution in [2.24, 2.45) is 0 Å². The maximum Gasteiger partial charge on any atom is 0.233 e. The van der Waals surface area contributed by atoms with Gasteiger partial charge in [0.1, 0.15) is 22.9 Å². The quantitative estimate of drug-likeness (QED) is 0.367. The third-order valence-corrected chi connectivity index (χ3v) is 6.69. The minimum absolute atomic E-state index is 0.0125. The Hall–Kier alpha value is -3.00. The second-order valence-electron chi connectivity index (χ2n) is 7.94. The minimum Gasteiger partial charge on any atom is -0.467 e. The number of fused-ring (bicyclic) bond motifs is 1. The number of amides is 1. The lowest BCUT2D eigenvalue weighted by molar-refractivity contribution is -0.129. The lowest BCUT2D eigenvalue weighted by Gasteiger charge is -2.23. The summed E-state index contributed by atoms with van der Waals surface area (Å²) in [5.74, 6) is 3.36. The average Bonchev–Trinajstić information content (AvgIpc) is 3.18. The maximum atomic E-state index is 12.9. The molecule has 0 spiro atoms. The third kappa shape index (κ3) is 4.12. The van der Waals surface area contributed by atoms with Crippen molar-refractivity contribution in [3.05, 3.63) is 66.1 Å². The van der Waals surface area contributed by atoms with E-state index in [1.807, 2.05) is 56.4 Å². The molecule has 3 aromatic heterocycles. The molecule has 31 heavy (non-hydrogen) atoms. The highest BCUT2D eigenvalue weighted by atomic mass is 32.2. The lowest BCUT2D eigenvalue weighted by atomic mass is 10.2. The summed E-state index contributed by atoms with van der Waals surface area (Å²) in [5, 5.41) is 10.6. The van der Waals surface area contributed by atoms with Gasteiger partial charge in [-0.3, -0.25) is 9.36 Å². The van der Waals surface area contributed by atoms with Gasteiger partial charge in [0.2, 0.25) is 5.91 Å². The first-order chi connectivity index (χ1) is 15.1. The summed E-state index contributed by atoms with van der Waals surface area (Å²) in [6.45, 7) is 2.55. The summed E-state index contributed by atoms with van der Waals surface area (Å²) in [6.07, 6.45) is 3.94. The minimum atomic E-state index is -0.163. The number of carbonyl (C=O) groups excluding carboxylic acids is 1. The van der Waals surface area contributed by atoms with Crippen molar-refractivity contribution in [1.82, 2.24) is 19.7 Å². The van der Waals surface area contributed by atoms with Gasteiger partial charge in [-0.05, 0) is 44.0 Å². The van der Waals surface area contributed by atoms with Crippen LogP contribution in [-0.2, 0) is 11.3 Å². The van der Waals surface area contributed by atoms with Gasteiger partial charge in [-0.1, -0.05) is 30.0 Å². The van der Waals surface area contributed by atoms with Crippen LogP contribution in [0.1, 0.15) is 49.1 Å². The fraction of sp³-hybridized carbons (Fsp3) is 0.348. The Kier molecular flexibility index (Phi) is 5.31. The van der Waals surface area contributed by atoms with Crippen molar-refractivity contribution in [1.29, 1.82) is 0 Å². The molecule has 1 fully saturated rings. The van der Waals surface area contributed by atoms with Crippen LogP contribution in [-0.4, -0.2) is 38.4 Å².